The van der Waals surface area contributed by atoms with E-state index >= 15 is 0 Å². The number of nitrogens with zero attached hydrogens (tertiary/aromatic N) is 1. The lowest BCUT2D eigenvalue weighted by Gasteiger charge is -2.15. The Morgan fingerprint density at radius 1 is 0.926 bits per heavy atom. The Balaban J connectivity index is 1.76. The summed E-state index contributed by atoms with van der Waals surface area (Å²) in [4.78, 5) is 1.23. The fourth-order valence-electron chi connectivity index (χ4n) is 3.69. The van der Waals surface area contributed by atoms with Crippen molar-refractivity contribution in [3.63, 3.8) is 0 Å². The standard InChI is InChI=1S/C21H20NO4S/c1-23-17-7-13-6-16-15-9-19-20(26-12-25-19)10-21(15)27-5-3-4-22(16)11-14(13)8-18(17)24-2/h6-11H,3-5,12H2,1-2H3/q+1. The number of aromatic nitrogens is 1. The molecular formula is C21H20NO4S+. The molecule has 0 saturated carbocycles. The fourth-order valence-corrected chi connectivity index (χ4v) is 4.69. The Hall–Kier alpha value is -2.60. The van der Waals surface area contributed by atoms with E-state index < -0.39 is 0 Å². The lowest BCUT2D eigenvalue weighted by Crippen LogP contribution is -2.37. The molecule has 5 rings (SSSR count). The van der Waals surface area contributed by atoms with Crippen LogP contribution in [0, 0.1) is 0 Å². The van der Waals surface area contributed by atoms with Gasteiger partial charge in [0, 0.05) is 28.5 Å². The lowest BCUT2D eigenvalue weighted by atomic mass is 10.0. The molecule has 6 heteroatoms. The second-order valence-electron chi connectivity index (χ2n) is 6.59. The van der Waals surface area contributed by atoms with Gasteiger partial charge in [-0.3, -0.25) is 0 Å². The molecule has 0 radical (unpaired) electrons. The Morgan fingerprint density at radius 2 is 1.67 bits per heavy atom. The fraction of sp³-hybridized carbons (Fsp3) is 0.286. The van der Waals surface area contributed by atoms with Crippen LogP contribution in [0.4, 0.5) is 0 Å². The number of pyridine rings is 1. The van der Waals surface area contributed by atoms with E-state index in [4.69, 9.17) is 18.9 Å². The summed E-state index contributed by atoms with van der Waals surface area (Å²) in [5, 5.41) is 2.25. The van der Waals surface area contributed by atoms with Gasteiger partial charge in [0.2, 0.25) is 12.5 Å². The molecule has 0 amide bonds. The van der Waals surface area contributed by atoms with Gasteiger partial charge in [0.25, 0.3) is 0 Å². The van der Waals surface area contributed by atoms with Crippen LogP contribution < -0.4 is 23.5 Å². The summed E-state index contributed by atoms with van der Waals surface area (Å²) in [6.45, 7) is 1.26. The topological polar surface area (TPSA) is 40.8 Å². The third kappa shape index (κ3) is 2.75. The van der Waals surface area contributed by atoms with Crippen molar-refractivity contribution in [2.24, 2.45) is 0 Å². The Morgan fingerprint density at radius 3 is 2.44 bits per heavy atom. The summed E-state index contributed by atoms with van der Waals surface area (Å²) in [6, 6.07) is 10.5. The molecule has 3 aromatic rings. The minimum Gasteiger partial charge on any atom is -0.493 e. The molecule has 138 valence electrons. The van der Waals surface area contributed by atoms with Crippen LogP contribution in [0.3, 0.4) is 0 Å². The zero-order chi connectivity index (χ0) is 18.4. The summed E-state index contributed by atoms with van der Waals surface area (Å²) in [5.74, 6) is 4.20. The number of methoxy groups -OCH3 is 2. The maximum absolute atomic E-state index is 5.63. The summed E-state index contributed by atoms with van der Waals surface area (Å²) in [6.07, 6.45) is 3.31. The molecule has 27 heavy (non-hydrogen) atoms. The number of hydrogen-bond donors (Lipinski definition) is 0. The summed E-state index contributed by atoms with van der Waals surface area (Å²) >= 11 is 1.88. The highest BCUT2D eigenvalue weighted by atomic mass is 32.2. The molecule has 0 spiro atoms. The van der Waals surface area contributed by atoms with Crippen molar-refractivity contribution in [2.45, 2.75) is 17.9 Å². The number of hydrogen-bond acceptors (Lipinski definition) is 5. The second-order valence-corrected chi connectivity index (χ2v) is 7.73. The molecule has 2 aliphatic rings. The molecule has 0 fully saturated rings. The maximum atomic E-state index is 5.63. The third-order valence-corrected chi connectivity index (χ3v) is 6.18. The molecule has 0 bridgehead atoms. The number of aryl methyl sites for hydroxylation is 1. The van der Waals surface area contributed by atoms with Crippen LogP contribution in [-0.4, -0.2) is 26.8 Å². The van der Waals surface area contributed by atoms with Gasteiger partial charge in [0.05, 0.1) is 19.8 Å². The highest BCUT2D eigenvalue weighted by molar-refractivity contribution is 7.99. The third-order valence-electron chi connectivity index (χ3n) is 5.04. The van der Waals surface area contributed by atoms with Crippen LogP contribution in [0.15, 0.2) is 41.4 Å². The zero-order valence-electron chi connectivity index (χ0n) is 15.3. The monoisotopic (exact) mass is 382 g/mol. The largest absolute Gasteiger partial charge is 0.493 e. The molecule has 5 nitrogen and oxygen atoms in total. The minimum absolute atomic E-state index is 0.289. The summed E-state index contributed by atoms with van der Waals surface area (Å²) < 4.78 is 24.5. The quantitative estimate of drug-likeness (QED) is 0.626. The van der Waals surface area contributed by atoms with E-state index in [1.807, 2.05) is 23.9 Å². The summed E-state index contributed by atoms with van der Waals surface area (Å²) in [7, 11) is 3.33. The van der Waals surface area contributed by atoms with Crippen molar-refractivity contribution in [2.75, 3.05) is 26.8 Å². The van der Waals surface area contributed by atoms with Gasteiger partial charge in [0.1, 0.15) is 6.54 Å². The van der Waals surface area contributed by atoms with E-state index in [1.54, 1.807) is 14.2 Å². The van der Waals surface area contributed by atoms with Crippen molar-refractivity contribution in [1.29, 1.82) is 0 Å². The molecule has 0 aliphatic carbocycles. The van der Waals surface area contributed by atoms with Crippen molar-refractivity contribution in [3.8, 4) is 34.3 Å². The first kappa shape index (κ1) is 16.6. The Bertz CT molecular complexity index is 1050. The van der Waals surface area contributed by atoms with Crippen molar-refractivity contribution in [3.05, 3.63) is 36.5 Å². The van der Waals surface area contributed by atoms with Crippen molar-refractivity contribution < 1.29 is 23.5 Å². The van der Waals surface area contributed by atoms with Crippen molar-refractivity contribution in [1.82, 2.24) is 0 Å². The predicted octanol–water partition coefficient (Wildman–Crippen LogP) is 4.04. The van der Waals surface area contributed by atoms with Crippen LogP contribution in [0.5, 0.6) is 23.0 Å². The van der Waals surface area contributed by atoms with E-state index in [0.717, 1.165) is 52.5 Å². The average Bonchev–Trinajstić information content (AvgIpc) is 3.14. The second kappa shape index (κ2) is 6.53. The molecular weight excluding hydrogens is 362 g/mol. The van der Waals surface area contributed by atoms with Crippen molar-refractivity contribution >= 4 is 22.5 Å². The number of benzene rings is 2. The number of rotatable bonds is 2. The first-order valence-corrected chi connectivity index (χ1v) is 9.91. The minimum atomic E-state index is 0.289. The smallest absolute Gasteiger partial charge is 0.231 e. The molecule has 2 aliphatic heterocycles. The van der Waals surface area contributed by atoms with Gasteiger partial charge in [0.15, 0.2) is 29.2 Å². The zero-order valence-corrected chi connectivity index (χ0v) is 16.1. The number of thioether (sulfide) groups is 1. The van der Waals surface area contributed by atoms with Crippen LogP contribution in [0.1, 0.15) is 6.42 Å². The first-order chi connectivity index (χ1) is 13.3. The molecule has 0 N–H and O–H groups in total. The van der Waals surface area contributed by atoms with Crippen LogP contribution in [0.2, 0.25) is 0 Å². The van der Waals surface area contributed by atoms with Gasteiger partial charge in [-0.1, -0.05) is 0 Å². The van der Waals surface area contributed by atoms with E-state index in [2.05, 4.69) is 29.0 Å². The number of ether oxygens (including phenoxy) is 4. The predicted molar refractivity (Wildman–Crippen MR) is 104 cm³/mol. The van der Waals surface area contributed by atoms with Crippen LogP contribution >= 0.6 is 11.8 Å². The van der Waals surface area contributed by atoms with E-state index in [9.17, 15) is 0 Å². The van der Waals surface area contributed by atoms with Crippen LogP contribution in [-0.2, 0) is 6.54 Å². The van der Waals surface area contributed by atoms with Gasteiger partial charge in [-0.15, -0.1) is 11.8 Å². The average molecular weight is 382 g/mol. The molecule has 1 aromatic heterocycles. The highest BCUT2D eigenvalue weighted by Gasteiger charge is 2.26. The highest BCUT2D eigenvalue weighted by Crippen LogP contribution is 2.43. The van der Waals surface area contributed by atoms with E-state index in [-0.39, 0.29) is 6.79 Å². The van der Waals surface area contributed by atoms with Gasteiger partial charge < -0.3 is 18.9 Å². The molecule has 0 saturated heterocycles. The molecule has 2 aromatic carbocycles. The number of fused-ring (bicyclic) bond motifs is 5. The van der Waals surface area contributed by atoms with E-state index in [1.165, 1.54) is 16.2 Å². The van der Waals surface area contributed by atoms with Gasteiger partial charge >= 0.3 is 0 Å². The maximum Gasteiger partial charge on any atom is 0.231 e. The first-order valence-electron chi connectivity index (χ1n) is 8.93. The normalized spacial score (nSPS) is 14.9. The van der Waals surface area contributed by atoms with Gasteiger partial charge in [-0.25, -0.2) is 0 Å². The SMILES string of the molecule is COc1cc2cc3[n+](cc2cc1OC)CCCSc1cc2c(cc1-3)OCO2. The molecule has 0 unspecified atom stereocenters. The van der Waals surface area contributed by atoms with Crippen LogP contribution in [0.25, 0.3) is 22.0 Å². The van der Waals surface area contributed by atoms with Gasteiger partial charge in [-0.05, 0) is 29.7 Å². The van der Waals surface area contributed by atoms with Gasteiger partial charge in [-0.2, -0.15) is 4.57 Å². The lowest BCUT2D eigenvalue weighted by molar-refractivity contribution is -0.685. The summed E-state index contributed by atoms with van der Waals surface area (Å²) in [5.41, 5.74) is 2.36. The molecule has 0 atom stereocenters. The Labute approximate surface area is 161 Å². The molecule has 3 heterocycles. The Kier molecular flexibility index (Phi) is 4.01. The van der Waals surface area contributed by atoms with E-state index in [0.29, 0.717) is 0 Å².